The Morgan fingerprint density at radius 1 is 1.21 bits per heavy atom. The zero-order chi connectivity index (χ0) is 9.54. The maximum atomic E-state index is 2.38. The van der Waals surface area contributed by atoms with E-state index in [1.807, 2.05) is 0 Å². The van der Waals surface area contributed by atoms with Gasteiger partial charge in [-0.05, 0) is 12.1 Å². The second kappa shape index (κ2) is 2.93. The summed E-state index contributed by atoms with van der Waals surface area (Å²) in [5, 5.41) is 3.22. The van der Waals surface area contributed by atoms with Gasteiger partial charge in [0, 0.05) is 17.6 Å². The number of rotatable bonds is 0. The van der Waals surface area contributed by atoms with Crippen molar-refractivity contribution in [3.8, 4) is 0 Å². The first kappa shape index (κ1) is 8.20. The fraction of sp³-hybridized carbons (Fsp3) is 0.154. The topological polar surface area (TPSA) is 0 Å². The van der Waals surface area contributed by atoms with Gasteiger partial charge in [0.2, 0.25) is 0 Å². The van der Waals surface area contributed by atoms with E-state index >= 15 is 0 Å². The molecular weight excluding hydrogens is 187 g/mol. The molecule has 14 heavy (non-hydrogen) atoms. The molecule has 0 spiro atoms. The standard InChI is InChI=1S/C13H12P/c1-14-12-8-4-2-6-10(12)11-7-3-5-9-13(11)14/h2-8H,9H2,1H3/q+1. The molecule has 1 unspecified atom stereocenters. The Kier molecular flexibility index (Phi) is 1.72. The fourth-order valence-electron chi connectivity index (χ4n) is 2.25. The Balaban J connectivity index is 2.32. The first-order valence-corrected chi connectivity index (χ1v) is 6.73. The Hall–Kier alpha value is -1.13. The highest BCUT2D eigenvalue weighted by molar-refractivity contribution is 7.68. The van der Waals surface area contributed by atoms with Crippen LogP contribution < -0.4 is 5.30 Å². The van der Waals surface area contributed by atoms with Crippen molar-refractivity contribution in [2.24, 2.45) is 0 Å². The van der Waals surface area contributed by atoms with Gasteiger partial charge in [-0.25, -0.2) is 0 Å². The van der Waals surface area contributed by atoms with Crippen LogP contribution in [-0.4, -0.2) is 12.0 Å². The first-order valence-electron chi connectivity index (χ1n) is 4.94. The summed E-state index contributed by atoms with van der Waals surface area (Å²) >= 11 is 0. The molecule has 0 saturated carbocycles. The highest BCUT2D eigenvalue weighted by atomic mass is 31.1. The van der Waals surface area contributed by atoms with Crippen molar-refractivity contribution in [1.82, 2.24) is 0 Å². The van der Waals surface area contributed by atoms with E-state index < -0.39 is 0 Å². The van der Waals surface area contributed by atoms with Gasteiger partial charge in [-0.3, -0.25) is 0 Å². The molecule has 1 aromatic rings. The Bertz CT molecular complexity index is 490. The van der Waals surface area contributed by atoms with Crippen LogP contribution >= 0.6 is 7.55 Å². The molecule has 1 aliphatic heterocycles. The molecule has 0 aromatic heterocycles. The van der Waals surface area contributed by atoms with Crippen LogP contribution in [0.25, 0.3) is 5.57 Å². The lowest BCUT2D eigenvalue weighted by Gasteiger charge is -2.01. The first-order chi connectivity index (χ1) is 6.88. The quantitative estimate of drug-likeness (QED) is 0.563. The van der Waals surface area contributed by atoms with E-state index in [-0.39, 0.29) is 7.55 Å². The van der Waals surface area contributed by atoms with Crippen molar-refractivity contribution >= 4 is 23.7 Å². The number of hydrogen-bond donors (Lipinski definition) is 0. The van der Waals surface area contributed by atoms with Crippen LogP contribution in [0.15, 0.2) is 42.5 Å². The Morgan fingerprint density at radius 2 is 2.07 bits per heavy atom. The SMILES string of the molecule is C[P+]1=C2CC=CC=C2c2ccccc21. The third-order valence-corrected chi connectivity index (χ3v) is 5.33. The van der Waals surface area contributed by atoms with Crippen LogP contribution in [0.2, 0.25) is 0 Å². The summed E-state index contributed by atoms with van der Waals surface area (Å²) in [6, 6.07) is 8.84. The molecule has 0 fully saturated rings. The molecule has 1 heteroatoms. The molecular formula is C13H12P+. The maximum absolute atomic E-state index is 2.38. The molecule has 68 valence electrons. The average Bonchev–Trinajstić information content (AvgIpc) is 2.55. The third kappa shape index (κ3) is 0.980. The monoisotopic (exact) mass is 199 g/mol. The van der Waals surface area contributed by atoms with E-state index in [2.05, 4.69) is 49.2 Å². The van der Waals surface area contributed by atoms with Crippen molar-refractivity contribution in [2.75, 3.05) is 6.66 Å². The largest absolute Gasteiger partial charge is 0.156 e. The van der Waals surface area contributed by atoms with Crippen molar-refractivity contribution in [1.29, 1.82) is 0 Å². The molecule has 0 N–H and O–H groups in total. The number of benzene rings is 1. The van der Waals surface area contributed by atoms with Crippen molar-refractivity contribution in [3.05, 3.63) is 48.1 Å². The molecule has 1 aliphatic carbocycles. The fourth-order valence-corrected chi connectivity index (χ4v) is 4.34. The summed E-state index contributed by atoms with van der Waals surface area (Å²) in [7, 11) is -0.0412. The van der Waals surface area contributed by atoms with Gasteiger partial charge in [0.15, 0.2) is 5.30 Å². The number of fused-ring (bicyclic) bond motifs is 3. The molecule has 1 atom stereocenters. The van der Waals surface area contributed by atoms with Crippen molar-refractivity contribution in [3.63, 3.8) is 0 Å². The van der Waals surface area contributed by atoms with E-state index in [0.717, 1.165) is 6.42 Å². The van der Waals surface area contributed by atoms with Gasteiger partial charge >= 0.3 is 0 Å². The van der Waals surface area contributed by atoms with E-state index in [1.54, 1.807) is 10.6 Å². The maximum Gasteiger partial charge on any atom is 0.156 e. The lowest BCUT2D eigenvalue weighted by Crippen LogP contribution is -1.99. The van der Waals surface area contributed by atoms with Crippen LogP contribution in [0.5, 0.6) is 0 Å². The van der Waals surface area contributed by atoms with Gasteiger partial charge in [-0.2, -0.15) is 0 Å². The Labute approximate surface area is 85.4 Å². The highest BCUT2D eigenvalue weighted by Crippen LogP contribution is 2.39. The zero-order valence-corrected chi connectivity index (χ0v) is 9.09. The van der Waals surface area contributed by atoms with E-state index in [9.17, 15) is 0 Å². The smallest absolute Gasteiger partial charge is 0.0763 e. The molecule has 1 aromatic carbocycles. The second-order valence-electron chi connectivity index (χ2n) is 3.74. The Morgan fingerprint density at radius 3 is 3.00 bits per heavy atom. The number of hydrogen-bond acceptors (Lipinski definition) is 0. The highest BCUT2D eigenvalue weighted by Gasteiger charge is 2.32. The zero-order valence-electron chi connectivity index (χ0n) is 8.20. The third-order valence-electron chi connectivity index (χ3n) is 2.98. The van der Waals surface area contributed by atoms with Crippen LogP contribution in [0, 0.1) is 0 Å². The summed E-state index contributed by atoms with van der Waals surface area (Å²) in [6.07, 6.45) is 7.87. The average molecular weight is 199 g/mol. The summed E-state index contributed by atoms with van der Waals surface area (Å²) in [5.41, 5.74) is 2.97. The van der Waals surface area contributed by atoms with Crippen LogP contribution in [-0.2, 0) is 0 Å². The minimum atomic E-state index is -0.0412. The van der Waals surface area contributed by atoms with Crippen LogP contribution in [0.1, 0.15) is 12.0 Å². The summed E-state index contributed by atoms with van der Waals surface area (Å²) in [6.45, 7) is 2.38. The minimum Gasteiger partial charge on any atom is -0.0763 e. The van der Waals surface area contributed by atoms with E-state index in [4.69, 9.17) is 0 Å². The second-order valence-corrected chi connectivity index (χ2v) is 5.88. The summed E-state index contributed by atoms with van der Waals surface area (Å²) in [4.78, 5) is 0. The van der Waals surface area contributed by atoms with Gasteiger partial charge in [0.05, 0.1) is 0 Å². The molecule has 0 bridgehead atoms. The van der Waals surface area contributed by atoms with Gasteiger partial charge in [-0.15, -0.1) is 0 Å². The molecule has 2 aliphatic rings. The van der Waals surface area contributed by atoms with Gasteiger partial charge < -0.3 is 0 Å². The van der Waals surface area contributed by atoms with Gasteiger partial charge in [0.1, 0.15) is 19.5 Å². The van der Waals surface area contributed by atoms with E-state index in [1.165, 1.54) is 11.1 Å². The lowest BCUT2D eigenvalue weighted by atomic mass is 9.98. The molecule has 1 heterocycles. The molecule has 3 rings (SSSR count). The molecule has 0 radical (unpaired) electrons. The van der Waals surface area contributed by atoms with Gasteiger partial charge in [-0.1, -0.05) is 30.4 Å². The molecule has 0 amide bonds. The van der Waals surface area contributed by atoms with Crippen LogP contribution in [0.3, 0.4) is 0 Å². The molecule has 0 nitrogen and oxygen atoms in total. The van der Waals surface area contributed by atoms with Crippen molar-refractivity contribution < 1.29 is 0 Å². The summed E-state index contributed by atoms with van der Waals surface area (Å²) in [5.74, 6) is 0. The number of allylic oxidation sites excluding steroid dienone is 4. The van der Waals surface area contributed by atoms with E-state index in [0.29, 0.717) is 0 Å². The molecule has 0 saturated heterocycles. The van der Waals surface area contributed by atoms with Crippen LogP contribution in [0.4, 0.5) is 0 Å². The lowest BCUT2D eigenvalue weighted by molar-refractivity contribution is 1.50. The van der Waals surface area contributed by atoms with Crippen molar-refractivity contribution in [2.45, 2.75) is 6.42 Å². The predicted octanol–water partition coefficient (Wildman–Crippen LogP) is 2.95. The minimum absolute atomic E-state index is 0.0412. The predicted molar refractivity (Wildman–Crippen MR) is 65.7 cm³/mol. The van der Waals surface area contributed by atoms with Gasteiger partial charge in [0.25, 0.3) is 0 Å². The normalized spacial score (nSPS) is 20.5. The summed E-state index contributed by atoms with van der Waals surface area (Å²) < 4.78 is 0.